The van der Waals surface area contributed by atoms with Crippen LogP contribution < -0.4 is 15.4 Å². The Morgan fingerprint density at radius 2 is 1.95 bits per heavy atom. The second-order valence-electron chi connectivity index (χ2n) is 10.7. The Hall–Kier alpha value is -3.81. The number of allylic oxidation sites excluding steroid dienone is 1. The molecule has 2 heterocycles. The molecule has 0 bridgehead atoms. The third-order valence-corrected chi connectivity index (χ3v) is 7.41. The van der Waals surface area contributed by atoms with E-state index >= 15 is 0 Å². The van der Waals surface area contributed by atoms with Crippen molar-refractivity contribution in [3.63, 3.8) is 0 Å². The van der Waals surface area contributed by atoms with Crippen molar-refractivity contribution >= 4 is 39.9 Å². The van der Waals surface area contributed by atoms with Crippen molar-refractivity contribution in [3.05, 3.63) is 88.7 Å². The van der Waals surface area contributed by atoms with Gasteiger partial charge in [-0.2, -0.15) is 0 Å². The number of ether oxygens (including phenoxy) is 1. The fourth-order valence-electron chi connectivity index (χ4n) is 5.01. The van der Waals surface area contributed by atoms with E-state index in [2.05, 4.69) is 46.6 Å². The maximum absolute atomic E-state index is 11.8. The monoisotopic (exact) mass is 544 g/mol. The molecule has 8 heteroatoms. The first-order valence-electron chi connectivity index (χ1n) is 13.2. The summed E-state index contributed by atoms with van der Waals surface area (Å²) in [5.41, 5.74) is 6.03. The van der Waals surface area contributed by atoms with Crippen molar-refractivity contribution in [2.45, 2.75) is 33.1 Å². The second kappa shape index (κ2) is 11.5. The minimum Gasteiger partial charge on any atom is -0.478 e. The molecule has 7 nitrogen and oxygen atoms in total. The van der Waals surface area contributed by atoms with E-state index in [-0.39, 0.29) is 16.7 Å². The fraction of sp³-hybridized carbons (Fsp3) is 0.290. The number of aromatic amines is 1. The number of H-pyrrole nitrogens is 1. The van der Waals surface area contributed by atoms with E-state index in [1.165, 1.54) is 23.1 Å². The number of carboxylic acids is 1. The summed E-state index contributed by atoms with van der Waals surface area (Å²) in [5, 5.41) is 18.2. The molecule has 0 radical (unpaired) electrons. The lowest BCUT2D eigenvalue weighted by atomic mass is 9.72. The highest BCUT2D eigenvalue weighted by atomic mass is 35.5. The molecule has 2 aromatic carbocycles. The van der Waals surface area contributed by atoms with Gasteiger partial charge in [-0.25, -0.2) is 9.78 Å². The SMILES string of the molecule is CC1(C)CCC(CNCCNc2ccc(C(=O)O)c(Oc3cnc4[nH]ccc4c3)c2)=C(c2ccc(Cl)cc2)C1. The Kier molecular flexibility index (Phi) is 7.91. The summed E-state index contributed by atoms with van der Waals surface area (Å²) in [6, 6.07) is 16.9. The van der Waals surface area contributed by atoms with Crippen LogP contribution in [0.5, 0.6) is 11.5 Å². The van der Waals surface area contributed by atoms with E-state index in [4.69, 9.17) is 16.3 Å². The van der Waals surface area contributed by atoms with Crippen molar-refractivity contribution in [2.75, 3.05) is 25.0 Å². The highest BCUT2D eigenvalue weighted by Crippen LogP contribution is 2.42. The van der Waals surface area contributed by atoms with Gasteiger partial charge in [0, 0.05) is 48.0 Å². The van der Waals surface area contributed by atoms with Crippen LogP contribution in [0.25, 0.3) is 16.6 Å². The molecule has 0 atom stereocenters. The van der Waals surface area contributed by atoms with Gasteiger partial charge in [0.05, 0.1) is 6.20 Å². The Bertz CT molecular complexity index is 1510. The zero-order valence-corrected chi connectivity index (χ0v) is 22.9. The minimum atomic E-state index is -1.05. The Balaban J connectivity index is 1.21. The normalized spacial score (nSPS) is 14.9. The summed E-state index contributed by atoms with van der Waals surface area (Å²) in [6.07, 6.45) is 6.67. The van der Waals surface area contributed by atoms with Crippen molar-refractivity contribution in [1.82, 2.24) is 15.3 Å². The third kappa shape index (κ3) is 6.61. The zero-order chi connectivity index (χ0) is 27.4. The number of halogens is 1. The van der Waals surface area contributed by atoms with E-state index in [9.17, 15) is 9.90 Å². The van der Waals surface area contributed by atoms with Crippen molar-refractivity contribution in [1.29, 1.82) is 0 Å². The molecule has 4 aromatic rings. The van der Waals surface area contributed by atoms with Crippen LogP contribution in [0.1, 0.15) is 49.0 Å². The topological polar surface area (TPSA) is 99.3 Å². The number of pyridine rings is 1. The molecule has 0 aliphatic heterocycles. The molecule has 0 unspecified atom stereocenters. The molecule has 1 aliphatic rings. The predicted octanol–water partition coefficient (Wildman–Crippen LogP) is 7.37. The summed E-state index contributed by atoms with van der Waals surface area (Å²) >= 11 is 6.13. The number of hydrogen-bond donors (Lipinski definition) is 4. The number of nitrogens with zero attached hydrogens (tertiary/aromatic N) is 1. The molecule has 0 saturated heterocycles. The number of aromatic nitrogens is 2. The molecule has 2 aromatic heterocycles. The Labute approximate surface area is 233 Å². The van der Waals surface area contributed by atoms with Gasteiger partial charge in [0.1, 0.15) is 22.7 Å². The summed E-state index contributed by atoms with van der Waals surface area (Å²) in [6.45, 7) is 6.93. The number of hydrogen-bond acceptors (Lipinski definition) is 5. The van der Waals surface area contributed by atoms with E-state index in [0.29, 0.717) is 12.3 Å². The maximum atomic E-state index is 11.8. The summed E-state index contributed by atoms with van der Waals surface area (Å²) < 4.78 is 5.95. The minimum absolute atomic E-state index is 0.0923. The fourth-order valence-corrected chi connectivity index (χ4v) is 5.14. The molecule has 202 valence electrons. The first kappa shape index (κ1) is 26.8. The van der Waals surface area contributed by atoms with Crippen LogP contribution >= 0.6 is 11.6 Å². The van der Waals surface area contributed by atoms with Gasteiger partial charge in [-0.3, -0.25) is 0 Å². The lowest BCUT2D eigenvalue weighted by Gasteiger charge is -2.34. The van der Waals surface area contributed by atoms with Crippen molar-refractivity contribution in [2.24, 2.45) is 5.41 Å². The molecular weight excluding hydrogens is 512 g/mol. The predicted molar refractivity (Wildman–Crippen MR) is 157 cm³/mol. The molecular formula is C31H33ClN4O3. The standard InChI is InChI=1S/C31H33ClN4O3/c1-31(2)11-9-22(27(17-31)20-3-5-23(32)6-4-20)18-33-13-14-34-24-7-8-26(30(37)38)28(16-24)39-25-15-21-10-12-35-29(21)36-19-25/h3-8,10,12,15-16,19,33-34H,9,11,13-14,17-18H2,1-2H3,(H,35,36)(H,37,38). The van der Waals surface area contributed by atoms with Crippen LogP contribution in [0.4, 0.5) is 5.69 Å². The molecule has 0 fully saturated rings. The lowest BCUT2D eigenvalue weighted by molar-refractivity contribution is 0.0694. The van der Waals surface area contributed by atoms with Crippen LogP contribution in [0, 0.1) is 5.41 Å². The zero-order valence-electron chi connectivity index (χ0n) is 22.2. The van der Waals surface area contributed by atoms with E-state index < -0.39 is 5.97 Å². The van der Waals surface area contributed by atoms with Crippen LogP contribution in [0.3, 0.4) is 0 Å². The van der Waals surface area contributed by atoms with Gasteiger partial charge in [0.25, 0.3) is 0 Å². The average molecular weight is 545 g/mol. The van der Waals surface area contributed by atoms with E-state index in [1.807, 2.05) is 24.3 Å². The van der Waals surface area contributed by atoms with E-state index in [1.54, 1.807) is 30.6 Å². The number of carboxylic acid groups (broad SMARTS) is 1. The lowest BCUT2D eigenvalue weighted by Crippen LogP contribution is -2.27. The summed E-state index contributed by atoms with van der Waals surface area (Å²) in [5.74, 6) is -0.308. The number of benzene rings is 2. The molecule has 1 aliphatic carbocycles. The number of rotatable bonds is 10. The molecule has 39 heavy (non-hydrogen) atoms. The quantitative estimate of drug-likeness (QED) is 0.155. The van der Waals surface area contributed by atoms with E-state index in [0.717, 1.165) is 47.7 Å². The summed E-state index contributed by atoms with van der Waals surface area (Å²) in [7, 11) is 0. The number of fused-ring (bicyclic) bond motifs is 1. The third-order valence-electron chi connectivity index (χ3n) is 7.16. The number of anilines is 1. The molecule has 4 N–H and O–H groups in total. The largest absolute Gasteiger partial charge is 0.478 e. The van der Waals surface area contributed by atoms with Gasteiger partial charge >= 0.3 is 5.97 Å². The van der Waals surface area contributed by atoms with Gasteiger partial charge in [-0.1, -0.05) is 43.2 Å². The van der Waals surface area contributed by atoms with Gasteiger partial charge in [-0.15, -0.1) is 0 Å². The van der Waals surface area contributed by atoms with Gasteiger partial charge < -0.3 is 25.5 Å². The Morgan fingerprint density at radius 3 is 2.74 bits per heavy atom. The number of nitrogens with one attached hydrogen (secondary N) is 3. The first-order chi connectivity index (χ1) is 18.8. The first-order valence-corrected chi connectivity index (χ1v) is 13.5. The maximum Gasteiger partial charge on any atom is 0.339 e. The highest BCUT2D eigenvalue weighted by Gasteiger charge is 2.27. The van der Waals surface area contributed by atoms with Gasteiger partial charge in [0.2, 0.25) is 0 Å². The second-order valence-corrected chi connectivity index (χ2v) is 11.2. The highest BCUT2D eigenvalue weighted by molar-refractivity contribution is 6.30. The van der Waals surface area contributed by atoms with Crippen LogP contribution in [0.15, 0.2) is 72.6 Å². The van der Waals surface area contributed by atoms with Crippen LogP contribution in [-0.2, 0) is 0 Å². The molecule has 5 rings (SSSR count). The van der Waals surface area contributed by atoms with Crippen molar-refractivity contribution in [3.8, 4) is 11.5 Å². The average Bonchev–Trinajstić information content (AvgIpc) is 3.37. The number of carbonyl (C=O) groups is 1. The summed E-state index contributed by atoms with van der Waals surface area (Å²) in [4.78, 5) is 19.1. The smallest absolute Gasteiger partial charge is 0.339 e. The number of aromatic carboxylic acids is 1. The van der Waals surface area contributed by atoms with Gasteiger partial charge in [0.15, 0.2) is 0 Å². The van der Waals surface area contributed by atoms with Crippen LogP contribution in [0.2, 0.25) is 5.02 Å². The van der Waals surface area contributed by atoms with Crippen LogP contribution in [-0.4, -0.2) is 40.7 Å². The molecule has 0 spiro atoms. The molecule has 0 amide bonds. The molecule has 0 saturated carbocycles. The Morgan fingerprint density at radius 1 is 1.13 bits per heavy atom. The van der Waals surface area contributed by atoms with Gasteiger partial charge in [-0.05, 0) is 72.2 Å². The van der Waals surface area contributed by atoms with Crippen molar-refractivity contribution < 1.29 is 14.6 Å².